The number of carbonyl (C=O) groups is 1. The smallest absolute Gasteiger partial charge is 0.253 e. The Morgan fingerprint density at radius 1 is 0.964 bits per heavy atom. The number of benzene rings is 2. The molecule has 28 heavy (non-hydrogen) atoms. The van der Waals surface area contributed by atoms with Crippen LogP contribution in [0.15, 0.2) is 63.5 Å². The first kappa shape index (κ1) is 18.8. The minimum atomic E-state index is 0.0940. The first-order valence-electron chi connectivity index (χ1n) is 9.34. The molecule has 1 aliphatic heterocycles. The van der Waals surface area contributed by atoms with Crippen LogP contribution in [0.3, 0.4) is 0 Å². The minimum absolute atomic E-state index is 0.0940. The molecule has 1 fully saturated rings. The molecule has 144 valence electrons. The summed E-state index contributed by atoms with van der Waals surface area (Å²) in [5, 5.41) is 8.29. The van der Waals surface area contributed by atoms with E-state index in [1.165, 1.54) is 0 Å². The molecule has 0 N–H and O–H groups in total. The maximum Gasteiger partial charge on any atom is 0.253 e. The Hall–Kier alpha value is -2.51. The van der Waals surface area contributed by atoms with E-state index in [0.717, 1.165) is 48.3 Å². The van der Waals surface area contributed by atoms with Gasteiger partial charge in [0.25, 0.3) is 5.91 Å². The fourth-order valence-electron chi connectivity index (χ4n) is 3.26. The normalized spacial score (nSPS) is 15.0. The number of piperazine rings is 1. The van der Waals surface area contributed by atoms with Crippen molar-refractivity contribution in [3.8, 4) is 11.5 Å². The Bertz CT molecular complexity index is 919. The van der Waals surface area contributed by atoms with E-state index in [0.29, 0.717) is 18.2 Å². The molecule has 3 aromatic rings. The van der Waals surface area contributed by atoms with Crippen LogP contribution in [-0.2, 0) is 6.42 Å². The Morgan fingerprint density at radius 3 is 2.39 bits per heavy atom. The van der Waals surface area contributed by atoms with Crippen molar-refractivity contribution in [2.75, 3.05) is 32.7 Å². The molecular weight excluding hydrogens is 420 g/mol. The summed E-state index contributed by atoms with van der Waals surface area (Å²) < 4.78 is 6.75. The highest BCUT2D eigenvalue weighted by molar-refractivity contribution is 9.10. The highest BCUT2D eigenvalue weighted by Gasteiger charge is 2.22. The van der Waals surface area contributed by atoms with E-state index >= 15 is 0 Å². The third-order valence-corrected chi connectivity index (χ3v) is 5.41. The van der Waals surface area contributed by atoms with E-state index in [1.54, 1.807) is 0 Å². The van der Waals surface area contributed by atoms with E-state index < -0.39 is 0 Å². The SMILES string of the molecule is O=C(c1ccc(Br)cc1)N1CCN(CCc2nnc(-c3ccccc3)o2)CC1. The molecule has 6 nitrogen and oxygen atoms in total. The highest BCUT2D eigenvalue weighted by Crippen LogP contribution is 2.18. The molecule has 0 saturated carbocycles. The van der Waals surface area contributed by atoms with Crippen molar-refractivity contribution in [3.63, 3.8) is 0 Å². The lowest BCUT2D eigenvalue weighted by Crippen LogP contribution is -2.49. The second-order valence-electron chi connectivity index (χ2n) is 6.76. The fraction of sp³-hybridized carbons (Fsp3) is 0.286. The molecule has 7 heteroatoms. The van der Waals surface area contributed by atoms with Gasteiger partial charge in [-0.05, 0) is 36.4 Å². The molecule has 1 aliphatic rings. The van der Waals surface area contributed by atoms with Crippen molar-refractivity contribution >= 4 is 21.8 Å². The van der Waals surface area contributed by atoms with Crippen LogP contribution in [0.2, 0.25) is 0 Å². The third kappa shape index (κ3) is 4.48. The predicted octanol–water partition coefficient (Wildman–Crippen LogP) is 3.50. The first-order chi connectivity index (χ1) is 13.7. The van der Waals surface area contributed by atoms with Crippen LogP contribution in [-0.4, -0.2) is 58.6 Å². The first-order valence-corrected chi connectivity index (χ1v) is 10.1. The van der Waals surface area contributed by atoms with E-state index in [4.69, 9.17) is 4.42 Å². The number of hydrogen-bond acceptors (Lipinski definition) is 5. The van der Waals surface area contributed by atoms with Gasteiger partial charge in [-0.2, -0.15) is 0 Å². The van der Waals surface area contributed by atoms with Gasteiger partial charge >= 0.3 is 0 Å². The van der Waals surface area contributed by atoms with E-state index in [9.17, 15) is 4.79 Å². The Kier molecular flexibility index (Phi) is 5.83. The van der Waals surface area contributed by atoms with Crippen molar-refractivity contribution < 1.29 is 9.21 Å². The molecule has 1 amide bonds. The molecule has 0 unspecified atom stereocenters. The van der Waals surface area contributed by atoms with Gasteiger partial charge in [0.2, 0.25) is 11.8 Å². The van der Waals surface area contributed by atoms with Gasteiger partial charge in [-0.3, -0.25) is 9.69 Å². The monoisotopic (exact) mass is 440 g/mol. The summed E-state index contributed by atoms with van der Waals surface area (Å²) in [6, 6.07) is 17.3. The number of nitrogens with zero attached hydrogens (tertiary/aromatic N) is 4. The van der Waals surface area contributed by atoms with Gasteiger partial charge in [0.05, 0.1) is 0 Å². The highest BCUT2D eigenvalue weighted by atomic mass is 79.9. The summed E-state index contributed by atoms with van der Waals surface area (Å²) in [4.78, 5) is 16.8. The maximum absolute atomic E-state index is 12.6. The summed E-state index contributed by atoms with van der Waals surface area (Å²) in [5.41, 5.74) is 1.66. The van der Waals surface area contributed by atoms with Crippen molar-refractivity contribution in [1.29, 1.82) is 0 Å². The van der Waals surface area contributed by atoms with Crippen LogP contribution in [0.5, 0.6) is 0 Å². The molecule has 2 aromatic carbocycles. The maximum atomic E-state index is 12.6. The number of hydrogen-bond donors (Lipinski definition) is 0. The lowest BCUT2D eigenvalue weighted by Gasteiger charge is -2.34. The second kappa shape index (κ2) is 8.67. The molecule has 0 radical (unpaired) electrons. The molecule has 0 atom stereocenters. The van der Waals surface area contributed by atoms with Gasteiger partial charge < -0.3 is 9.32 Å². The Morgan fingerprint density at radius 2 is 1.68 bits per heavy atom. The zero-order valence-electron chi connectivity index (χ0n) is 15.4. The summed E-state index contributed by atoms with van der Waals surface area (Å²) in [6.45, 7) is 4.00. The van der Waals surface area contributed by atoms with Crippen molar-refractivity contribution in [3.05, 3.63) is 70.5 Å². The van der Waals surface area contributed by atoms with Gasteiger partial charge in [0.15, 0.2) is 0 Å². The van der Waals surface area contributed by atoms with E-state index in [1.807, 2.05) is 59.5 Å². The van der Waals surface area contributed by atoms with Gasteiger partial charge in [-0.1, -0.05) is 34.1 Å². The summed E-state index contributed by atoms with van der Waals surface area (Å²) >= 11 is 3.40. The second-order valence-corrected chi connectivity index (χ2v) is 7.67. The molecular formula is C21H21BrN4O2. The van der Waals surface area contributed by atoms with E-state index in [-0.39, 0.29) is 5.91 Å². The molecule has 1 aromatic heterocycles. The number of carbonyl (C=O) groups excluding carboxylic acids is 1. The third-order valence-electron chi connectivity index (χ3n) is 4.88. The molecule has 0 spiro atoms. The standard InChI is InChI=1S/C21H21BrN4O2/c22-18-8-6-17(7-9-18)21(27)26-14-12-25(13-15-26)11-10-19-23-24-20(28-19)16-4-2-1-3-5-16/h1-9H,10-15H2. The molecule has 2 heterocycles. The Balaban J connectivity index is 1.26. The van der Waals surface area contributed by atoms with Crippen molar-refractivity contribution in [2.24, 2.45) is 0 Å². The van der Waals surface area contributed by atoms with Gasteiger partial charge in [-0.25, -0.2) is 0 Å². The zero-order chi connectivity index (χ0) is 19.3. The van der Waals surface area contributed by atoms with Crippen LogP contribution in [0, 0.1) is 0 Å². The minimum Gasteiger partial charge on any atom is -0.421 e. The van der Waals surface area contributed by atoms with Crippen LogP contribution < -0.4 is 0 Å². The van der Waals surface area contributed by atoms with E-state index in [2.05, 4.69) is 31.0 Å². The largest absolute Gasteiger partial charge is 0.421 e. The average Bonchev–Trinajstić information content (AvgIpc) is 3.22. The zero-order valence-corrected chi connectivity index (χ0v) is 17.0. The topological polar surface area (TPSA) is 62.5 Å². The lowest BCUT2D eigenvalue weighted by atomic mass is 10.2. The molecule has 0 bridgehead atoms. The quantitative estimate of drug-likeness (QED) is 0.607. The van der Waals surface area contributed by atoms with Crippen molar-refractivity contribution in [1.82, 2.24) is 20.0 Å². The molecule has 4 rings (SSSR count). The van der Waals surface area contributed by atoms with Crippen LogP contribution in [0.4, 0.5) is 0 Å². The number of rotatable bonds is 5. The lowest BCUT2D eigenvalue weighted by molar-refractivity contribution is 0.0636. The van der Waals surface area contributed by atoms with Gasteiger partial charge in [-0.15, -0.1) is 10.2 Å². The summed E-state index contributed by atoms with van der Waals surface area (Å²) in [5.74, 6) is 1.30. The summed E-state index contributed by atoms with van der Waals surface area (Å²) in [7, 11) is 0. The number of amides is 1. The number of aromatic nitrogens is 2. The predicted molar refractivity (Wildman–Crippen MR) is 110 cm³/mol. The van der Waals surface area contributed by atoms with Gasteiger partial charge in [0, 0.05) is 54.7 Å². The fourth-order valence-corrected chi connectivity index (χ4v) is 3.52. The molecule has 0 aliphatic carbocycles. The average molecular weight is 441 g/mol. The Labute approximate surface area is 172 Å². The van der Waals surface area contributed by atoms with Crippen LogP contribution >= 0.6 is 15.9 Å². The molecule has 1 saturated heterocycles. The number of halogens is 1. The van der Waals surface area contributed by atoms with Gasteiger partial charge in [0.1, 0.15) is 0 Å². The van der Waals surface area contributed by atoms with Crippen LogP contribution in [0.1, 0.15) is 16.2 Å². The summed E-state index contributed by atoms with van der Waals surface area (Å²) in [6.07, 6.45) is 0.709. The van der Waals surface area contributed by atoms with Crippen LogP contribution in [0.25, 0.3) is 11.5 Å². The van der Waals surface area contributed by atoms with Crippen molar-refractivity contribution in [2.45, 2.75) is 6.42 Å².